The molecule has 4 aromatic heterocycles. The molecule has 0 aliphatic carbocycles. The number of aryl methyl sites for hydroxylation is 1. The van der Waals surface area contributed by atoms with E-state index in [1.54, 1.807) is 7.11 Å². The Kier molecular flexibility index (Phi) is 6.53. The summed E-state index contributed by atoms with van der Waals surface area (Å²) in [5.41, 5.74) is 5.75. The summed E-state index contributed by atoms with van der Waals surface area (Å²) in [5.74, 6) is 2.06. The first kappa shape index (κ1) is 24.8. The number of piperidine rings is 1. The molecule has 10 nitrogen and oxygen atoms in total. The number of pyridine rings is 1. The maximum atomic E-state index is 5.73. The molecule has 1 atom stereocenters. The number of rotatable bonds is 5. The molecule has 0 amide bonds. The molecule has 2 fully saturated rings. The molecule has 200 valence electrons. The van der Waals surface area contributed by atoms with Crippen LogP contribution in [-0.4, -0.2) is 87.7 Å². The van der Waals surface area contributed by atoms with E-state index in [9.17, 15) is 0 Å². The van der Waals surface area contributed by atoms with Gasteiger partial charge in [0, 0.05) is 47.1 Å². The van der Waals surface area contributed by atoms with E-state index in [1.165, 1.54) is 0 Å². The van der Waals surface area contributed by atoms with E-state index < -0.39 is 0 Å². The number of H-pyrrole nitrogens is 1. The van der Waals surface area contributed by atoms with E-state index in [4.69, 9.17) is 24.5 Å². The molecule has 2 saturated heterocycles. The lowest BCUT2D eigenvalue weighted by molar-refractivity contribution is 0.0985. The summed E-state index contributed by atoms with van der Waals surface area (Å²) in [5, 5.41) is 5.99. The number of morpholine rings is 1. The summed E-state index contributed by atoms with van der Waals surface area (Å²) in [6.07, 6.45) is 4.09. The van der Waals surface area contributed by atoms with Gasteiger partial charge in [0.1, 0.15) is 11.5 Å². The molecular weight excluding hydrogens is 480 g/mol. The summed E-state index contributed by atoms with van der Waals surface area (Å²) in [6, 6.07) is 6.67. The molecule has 2 aliphatic rings. The van der Waals surface area contributed by atoms with Crippen LogP contribution in [0.25, 0.3) is 33.7 Å². The lowest BCUT2D eigenvalue weighted by Crippen LogP contribution is -2.44. The van der Waals surface area contributed by atoms with Crippen LogP contribution in [0.5, 0.6) is 5.88 Å². The van der Waals surface area contributed by atoms with Gasteiger partial charge in [-0.15, -0.1) is 0 Å². The second-order valence-electron chi connectivity index (χ2n) is 10.5. The van der Waals surface area contributed by atoms with Crippen molar-refractivity contribution in [2.45, 2.75) is 45.7 Å². The summed E-state index contributed by atoms with van der Waals surface area (Å²) in [6.45, 7) is 10.7. The third-order valence-corrected chi connectivity index (χ3v) is 7.94. The number of nitrogens with one attached hydrogen (secondary N) is 1. The Bertz CT molecular complexity index is 1450. The Morgan fingerprint density at radius 2 is 1.89 bits per heavy atom. The predicted octanol–water partition coefficient (Wildman–Crippen LogP) is 4.00. The molecule has 0 radical (unpaired) electrons. The van der Waals surface area contributed by atoms with Crippen molar-refractivity contribution in [3.05, 3.63) is 35.8 Å². The molecule has 10 heteroatoms. The summed E-state index contributed by atoms with van der Waals surface area (Å²) < 4.78 is 13.5. The zero-order chi connectivity index (χ0) is 26.4. The molecule has 38 heavy (non-hydrogen) atoms. The number of hydrogen-bond acceptors (Lipinski definition) is 8. The van der Waals surface area contributed by atoms with Gasteiger partial charge in [0.15, 0.2) is 5.82 Å². The van der Waals surface area contributed by atoms with Crippen LogP contribution >= 0.6 is 0 Å². The number of aromatic amines is 1. The molecule has 6 rings (SSSR count). The van der Waals surface area contributed by atoms with Gasteiger partial charge >= 0.3 is 0 Å². The largest absolute Gasteiger partial charge is 0.481 e. The maximum Gasteiger partial charge on any atom is 0.215 e. The van der Waals surface area contributed by atoms with Gasteiger partial charge in [0.05, 0.1) is 43.8 Å². The number of anilines is 1. The highest BCUT2D eigenvalue weighted by Crippen LogP contribution is 2.36. The molecule has 1 N–H and O–H groups in total. The molecule has 4 aromatic rings. The fourth-order valence-electron chi connectivity index (χ4n) is 5.83. The third-order valence-electron chi connectivity index (χ3n) is 7.94. The van der Waals surface area contributed by atoms with E-state index in [2.05, 4.69) is 58.3 Å². The highest BCUT2D eigenvalue weighted by Gasteiger charge is 2.27. The van der Waals surface area contributed by atoms with Gasteiger partial charge in [-0.05, 0) is 59.8 Å². The van der Waals surface area contributed by atoms with E-state index in [-0.39, 0.29) is 6.04 Å². The van der Waals surface area contributed by atoms with Crippen molar-refractivity contribution < 1.29 is 9.47 Å². The van der Waals surface area contributed by atoms with Crippen molar-refractivity contribution in [2.24, 2.45) is 0 Å². The minimum atomic E-state index is 0.211. The number of methoxy groups -OCH3 is 1. The smallest absolute Gasteiger partial charge is 0.215 e. The molecule has 0 spiro atoms. The second kappa shape index (κ2) is 9.99. The summed E-state index contributed by atoms with van der Waals surface area (Å²) in [4.78, 5) is 22.7. The first-order chi connectivity index (χ1) is 18.4. The van der Waals surface area contributed by atoms with Crippen molar-refractivity contribution in [2.75, 3.05) is 51.9 Å². The van der Waals surface area contributed by atoms with Gasteiger partial charge < -0.3 is 24.3 Å². The van der Waals surface area contributed by atoms with Crippen LogP contribution < -0.4 is 9.64 Å². The number of fused-ring (bicyclic) bond motifs is 1. The van der Waals surface area contributed by atoms with Crippen LogP contribution in [0.4, 0.5) is 5.82 Å². The van der Waals surface area contributed by atoms with Gasteiger partial charge in [0.25, 0.3) is 0 Å². The Hall–Kier alpha value is -3.50. The van der Waals surface area contributed by atoms with E-state index >= 15 is 0 Å². The number of ether oxygens (including phenoxy) is 2. The Balaban J connectivity index is 1.51. The molecule has 0 saturated carbocycles. The third kappa shape index (κ3) is 4.41. The van der Waals surface area contributed by atoms with Crippen molar-refractivity contribution in [3.8, 4) is 28.5 Å². The van der Waals surface area contributed by atoms with Crippen LogP contribution in [-0.2, 0) is 4.74 Å². The Morgan fingerprint density at radius 1 is 1.08 bits per heavy atom. The number of hydrogen-bond donors (Lipinski definition) is 1. The van der Waals surface area contributed by atoms with Crippen molar-refractivity contribution >= 4 is 16.9 Å². The zero-order valence-corrected chi connectivity index (χ0v) is 22.9. The van der Waals surface area contributed by atoms with Crippen LogP contribution in [0.3, 0.4) is 0 Å². The molecule has 0 unspecified atom stereocenters. The fourth-order valence-corrected chi connectivity index (χ4v) is 5.83. The Morgan fingerprint density at radius 3 is 2.66 bits per heavy atom. The minimum Gasteiger partial charge on any atom is -0.481 e. The molecule has 0 aromatic carbocycles. The van der Waals surface area contributed by atoms with Crippen LogP contribution in [0.1, 0.15) is 37.2 Å². The van der Waals surface area contributed by atoms with Gasteiger partial charge in [-0.25, -0.2) is 9.97 Å². The van der Waals surface area contributed by atoms with E-state index in [0.29, 0.717) is 31.0 Å². The first-order valence-corrected chi connectivity index (χ1v) is 13.4. The monoisotopic (exact) mass is 516 g/mol. The average molecular weight is 517 g/mol. The van der Waals surface area contributed by atoms with Gasteiger partial charge in [-0.1, -0.05) is 0 Å². The molecule has 6 heterocycles. The highest BCUT2D eigenvalue weighted by molar-refractivity contribution is 5.92. The van der Waals surface area contributed by atoms with Gasteiger partial charge in [-0.3, -0.25) is 4.68 Å². The topological polar surface area (TPSA) is 97.2 Å². The maximum absolute atomic E-state index is 5.73. The quantitative estimate of drug-likeness (QED) is 0.425. The second-order valence-corrected chi connectivity index (χ2v) is 10.5. The van der Waals surface area contributed by atoms with E-state index in [1.807, 2.05) is 18.3 Å². The molecule has 0 bridgehead atoms. The van der Waals surface area contributed by atoms with Gasteiger partial charge in [0.2, 0.25) is 5.88 Å². The first-order valence-electron chi connectivity index (χ1n) is 13.4. The minimum absolute atomic E-state index is 0.211. The number of aromatic nitrogens is 6. The van der Waals surface area contributed by atoms with Gasteiger partial charge in [-0.2, -0.15) is 10.1 Å². The highest BCUT2D eigenvalue weighted by atomic mass is 16.5. The van der Waals surface area contributed by atoms with E-state index in [0.717, 1.165) is 77.5 Å². The average Bonchev–Trinajstić information content (AvgIpc) is 3.52. The molecule has 2 aliphatic heterocycles. The Labute approximate surface area is 223 Å². The number of nitrogens with zero attached hydrogens (tertiary/aromatic N) is 7. The SMILES string of the molecule is COc1cc(-c2nc(-c3c(C)nn(C4CCN(C)CC4)c3C)cc(N3CCOC[C@H]3C)n2)c2cc[nH]c2n1. The van der Waals surface area contributed by atoms with Crippen molar-refractivity contribution in [3.63, 3.8) is 0 Å². The lowest BCUT2D eigenvalue weighted by atomic mass is 10.0. The van der Waals surface area contributed by atoms with Crippen LogP contribution in [0.15, 0.2) is 24.4 Å². The zero-order valence-electron chi connectivity index (χ0n) is 22.9. The number of likely N-dealkylation sites (tertiary alicyclic amines) is 1. The van der Waals surface area contributed by atoms with Crippen molar-refractivity contribution in [1.82, 2.24) is 34.6 Å². The molecular formula is C28H36N8O2. The van der Waals surface area contributed by atoms with Crippen LogP contribution in [0.2, 0.25) is 0 Å². The summed E-state index contributed by atoms with van der Waals surface area (Å²) >= 11 is 0. The van der Waals surface area contributed by atoms with Crippen LogP contribution in [0, 0.1) is 13.8 Å². The van der Waals surface area contributed by atoms with Crippen molar-refractivity contribution in [1.29, 1.82) is 0 Å². The predicted molar refractivity (Wildman–Crippen MR) is 148 cm³/mol. The normalized spacial score (nSPS) is 19.4. The fraction of sp³-hybridized carbons (Fsp3) is 0.500. The lowest BCUT2D eigenvalue weighted by Gasteiger charge is -2.34. The summed E-state index contributed by atoms with van der Waals surface area (Å²) in [7, 11) is 3.82. The standard InChI is InChI=1S/C28H36N8O2/c1-17-16-38-13-12-35(17)24-15-23(26-18(2)33-36(19(26)3)20-7-10-34(4)11-8-20)30-28(31-24)22-14-25(37-5)32-27-21(22)6-9-29-27/h6,9,14-15,17,20H,7-8,10-13,16H2,1-5H3,(H,29,32)/t17-/m1/s1.